The summed E-state index contributed by atoms with van der Waals surface area (Å²) in [6, 6.07) is 3.43. The minimum absolute atomic E-state index is 0.265. The lowest BCUT2D eigenvalue weighted by Gasteiger charge is -2.12. The van der Waals surface area contributed by atoms with E-state index in [0.29, 0.717) is 0 Å². The maximum absolute atomic E-state index is 8.80. The fourth-order valence-electron chi connectivity index (χ4n) is 0.856. The number of rotatable bonds is 2. The summed E-state index contributed by atoms with van der Waals surface area (Å²) >= 11 is 0. The molecule has 0 saturated heterocycles. The zero-order valence-corrected chi connectivity index (χ0v) is 7.10. The van der Waals surface area contributed by atoms with E-state index >= 15 is 0 Å². The van der Waals surface area contributed by atoms with Gasteiger partial charge in [-0.2, -0.15) is 0 Å². The van der Waals surface area contributed by atoms with Crippen LogP contribution in [-0.4, -0.2) is 36.2 Å². The van der Waals surface area contributed by atoms with E-state index in [2.05, 4.69) is 4.98 Å². The van der Waals surface area contributed by atoms with Crippen LogP contribution in [0.1, 0.15) is 0 Å². The lowest BCUT2D eigenvalue weighted by atomic mass is 9.85. The highest BCUT2D eigenvalue weighted by Gasteiger charge is 2.12. The van der Waals surface area contributed by atoms with Crippen molar-refractivity contribution in [1.29, 1.82) is 0 Å². The van der Waals surface area contributed by atoms with E-state index in [1.54, 1.807) is 18.3 Å². The normalized spacial score (nSPS) is 9.67. The summed E-state index contributed by atoms with van der Waals surface area (Å²) < 4.78 is 0. The van der Waals surface area contributed by atoms with Crippen molar-refractivity contribution in [3.8, 4) is 0 Å². The number of hydrogen-bond acceptors (Lipinski definition) is 4. The Balaban J connectivity index is 2.96. The van der Waals surface area contributed by atoms with Gasteiger partial charge in [-0.25, -0.2) is 0 Å². The van der Waals surface area contributed by atoms with Crippen molar-refractivity contribution in [3.05, 3.63) is 18.3 Å². The molecule has 0 aliphatic heterocycles. The molecule has 0 fully saturated rings. The number of pyridine rings is 1. The van der Waals surface area contributed by atoms with Crippen LogP contribution in [0.3, 0.4) is 0 Å². The van der Waals surface area contributed by atoms with Crippen LogP contribution in [0.15, 0.2) is 18.3 Å². The third-order valence-corrected chi connectivity index (χ3v) is 1.55. The Kier molecular flexibility index (Phi) is 2.67. The largest absolute Gasteiger partial charge is 0.508 e. The Morgan fingerprint density at radius 2 is 2.08 bits per heavy atom. The van der Waals surface area contributed by atoms with E-state index in [1.807, 2.05) is 19.0 Å². The third-order valence-electron chi connectivity index (χ3n) is 1.55. The second-order valence-electron chi connectivity index (χ2n) is 2.71. The minimum Gasteiger partial charge on any atom is -0.422 e. The number of anilines is 1. The molecule has 0 aliphatic rings. The number of hydrogen-bond donors (Lipinski definition) is 2. The van der Waals surface area contributed by atoms with E-state index in [-0.39, 0.29) is 5.59 Å². The van der Waals surface area contributed by atoms with E-state index in [0.717, 1.165) is 5.69 Å². The predicted molar refractivity (Wildman–Crippen MR) is 48.4 cm³/mol. The van der Waals surface area contributed by atoms with Gasteiger partial charge in [0.15, 0.2) is 0 Å². The van der Waals surface area contributed by atoms with E-state index in [4.69, 9.17) is 10.0 Å². The van der Waals surface area contributed by atoms with Crippen LogP contribution in [0, 0.1) is 0 Å². The van der Waals surface area contributed by atoms with Gasteiger partial charge in [0.1, 0.15) is 0 Å². The van der Waals surface area contributed by atoms with Crippen LogP contribution in [0.4, 0.5) is 5.69 Å². The highest BCUT2D eigenvalue weighted by atomic mass is 16.4. The van der Waals surface area contributed by atoms with Gasteiger partial charge in [-0.15, -0.1) is 0 Å². The first-order chi connectivity index (χ1) is 5.61. The molecule has 0 aromatic carbocycles. The first kappa shape index (κ1) is 9.03. The molecule has 2 N–H and O–H groups in total. The molecule has 0 saturated carbocycles. The van der Waals surface area contributed by atoms with Crippen LogP contribution in [0.2, 0.25) is 0 Å². The highest BCUT2D eigenvalue weighted by Crippen LogP contribution is 2.05. The summed E-state index contributed by atoms with van der Waals surface area (Å²) in [6.07, 6.45) is 1.55. The van der Waals surface area contributed by atoms with Crippen molar-refractivity contribution in [2.45, 2.75) is 0 Å². The van der Waals surface area contributed by atoms with Gasteiger partial charge in [-0.1, -0.05) is 0 Å². The molecular formula is C7H11BN2O2. The average Bonchev–Trinajstić information content (AvgIpc) is 2.04. The zero-order chi connectivity index (χ0) is 9.14. The SMILES string of the molecule is CN(C)c1ccnc(B(O)O)c1. The number of aromatic nitrogens is 1. The van der Waals surface area contributed by atoms with Crippen molar-refractivity contribution in [2.75, 3.05) is 19.0 Å². The highest BCUT2D eigenvalue weighted by molar-refractivity contribution is 6.57. The van der Waals surface area contributed by atoms with Gasteiger partial charge in [0.2, 0.25) is 0 Å². The molecule has 12 heavy (non-hydrogen) atoms. The van der Waals surface area contributed by atoms with Gasteiger partial charge < -0.3 is 14.9 Å². The van der Waals surface area contributed by atoms with Gasteiger partial charge >= 0.3 is 7.12 Å². The van der Waals surface area contributed by atoms with Gasteiger partial charge in [-0.3, -0.25) is 4.98 Å². The molecule has 0 bridgehead atoms. The molecule has 4 nitrogen and oxygen atoms in total. The number of nitrogens with zero attached hydrogens (tertiary/aromatic N) is 2. The first-order valence-electron chi connectivity index (χ1n) is 3.60. The second kappa shape index (κ2) is 3.56. The summed E-state index contributed by atoms with van der Waals surface area (Å²) in [5, 5.41) is 17.6. The average molecular weight is 166 g/mol. The van der Waals surface area contributed by atoms with E-state index < -0.39 is 7.12 Å². The van der Waals surface area contributed by atoms with Gasteiger partial charge in [0, 0.05) is 26.0 Å². The van der Waals surface area contributed by atoms with Crippen molar-refractivity contribution >= 4 is 18.4 Å². The Labute approximate surface area is 71.6 Å². The Hall–Kier alpha value is -1.07. The lowest BCUT2D eigenvalue weighted by Crippen LogP contribution is -2.33. The van der Waals surface area contributed by atoms with E-state index in [1.165, 1.54) is 0 Å². The summed E-state index contributed by atoms with van der Waals surface area (Å²) in [6.45, 7) is 0. The molecule has 1 rings (SSSR count). The minimum atomic E-state index is -1.50. The van der Waals surface area contributed by atoms with Crippen LogP contribution in [0.25, 0.3) is 0 Å². The maximum Gasteiger partial charge on any atom is 0.508 e. The smallest absolute Gasteiger partial charge is 0.422 e. The summed E-state index contributed by atoms with van der Waals surface area (Å²) in [5.41, 5.74) is 1.16. The third kappa shape index (κ3) is 1.96. The van der Waals surface area contributed by atoms with Gasteiger partial charge in [0.25, 0.3) is 0 Å². The van der Waals surface area contributed by atoms with Gasteiger partial charge in [0.05, 0.1) is 5.59 Å². The van der Waals surface area contributed by atoms with Gasteiger partial charge in [-0.05, 0) is 12.1 Å². The van der Waals surface area contributed by atoms with Crippen molar-refractivity contribution in [3.63, 3.8) is 0 Å². The molecule has 1 aromatic rings. The summed E-state index contributed by atoms with van der Waals surface area (Å²) in [4.78, 5) is 5.66. The summed E-state index contributed by atoms with van der Waals surface area (Å²) in [7, 11) is 2.26. The Bertz CT molecular complexity index is 242. The van der Waals surface area contributed by atoms with Crippen LogP contribution in [0.5, 0.6) is 0 Å². The van der Waals surface area contributed by atoms with Crippen LogP contribution in [-0.2, 0) is 0 Å². The van der Waals surface area contributed by atoms with Crippen molar-refractivity contribution < 1.29 is 10.0 Å². The van der Waals surface area contributed by atoms with Crippen LogP contribution < -0.4 is 10.5 Å². The topological polar surface area (TPSA) is 56.6 Å². The molecule has 0 radical (unpaired) electrons. The molecule has 0 amide bonds. The molecule has 64 valence electrons. The molecule has 1 heterocycles. The molecule has 0 atom stereocenters. The van der Waals surface area contributed by atoms with E-state index in [9.17, 15) is 0 Å². The fourth-order valence-corrected chi connectivity index (χ4v) is 0.856. The summed E-state index contributed by atoms with van der Waals surface area (Å²) in [5.74, 6) is 0. The predicted octanol–water partition coefficient (Wildman–Crippen LogP) is -1.17. The molecule has 1 aromatic heterocycles. The molecule has 0 aliphatic carbocycles. The molecular weight excluding hydrogens is 155 g/mol. The van der Waals surface area contributed by atoms with Crippen LogP contribution >= 0.6 is 0 Å². The standard InChI is InChI=1S/C7H11BN2O2/c1-10(2)6-3-4-9-7(5-6)8(11)12/h3-5,11-12H,1-2H3. The molecule has 5 heteroatoms. The molecule has 0 spiro atoms. The second-order valence-corrected chi connectivity index (χ2v) is 2.71. The fraction of sp³-hybridized carbons (Fsp3) is 0.286. The first-order valence-corrected chi connectivity index (χ1v) is 3.60. The van der Waals surface area contributed by atoms with Crippen molar-refractivity contribution in [1.82, 2.24) is 4.98 Å². The zero-order valence-electron chi connectivity index (χ0n) is 7.10. The monoisotopic (exact) mass is 166 g/mol. The quantitative estimate of drug-likeness (QED) is 0.543. The Morgan fingerprint density at radius 1 is 1.42 bits per heavy atom. The van der Waals surface area contributed by atoms with Crippen molar-refractivity contribution in [2.24, 2.45) is 0 Å². The maximum atomic E-state index is 8.80. The lowest BCUT2D eigenvalue weighted by molar-refractivity contribution is 0.424. The Morgan fingerprint density at radius 3 is 2.58 bits per heavy atom. The molecule has 0 unspecified atom stereocenters.